The summed E-state index contributed by atoms with van der Waals surface area (Å²) in [6, 6.07) is 8.85. The van der Waals surface area contributed by atoms with Crippen LogP contribution < -0.4 is 16.0 Å². The van der Waals surface area contributed by atoms with Crippen LogP contribution in [0.15, 0.2) is 42.7 Å². The van der Waals surface area contributed by atoms with Crippen molar-refractivity contribution in [3.05, 3.63) is 48.3 Å². The summed E-state index contributed by atoms with van der Waals surface area (Å²) in [5.74, 6) is -0.819. The number of carbonyl (C=O) groups is 3. The maximum absolute atomic E-state index is 12.5. The molecule has 26 heavy (non-hydrogen) atoms. The first kappa shape index (κ1) is 17.7. The van der Waals surface area contributed by atoms with Crippen molar-refractivity contribution in [3.8, 4) is 5.69 Å². The summed E-state index contributed by atoms with van der Waals surface area (Å²) in [4.78, 5) is 36.4. The lowest BCUT2D eigenvalue weighted by atomic mass is 9.73. The van der Waals surface area contributed by atoms with Gasteiger partial charge in [-0.15, -0.1) is 0 Å². The van der Waals surface area contributed by atoms with Crippen molar-refractivity contribution in [1.82, 2.24) is 25.7 Å². The number of benzene rings is 1. The number of hydrogen-bond acceptors (Lipinski definition) is 4. The summed E-state index contributed by atoms with van der Waals surface area (Å²) < 4.78 is 1.60. The molecule has 0 aliphatic carbocycles. The van der Waals surface area contributed by atoms with Gasteiger partial charge in [-0.2, -0.15) is 5.10 Å². The number of amides is 4. The highest BCUT2D eigenvalue weighted by Gasteiger charge is 2.54. The largest absolute Gasteiger partial charge is 0.349 e. The Kier molecular flexibility index (Phi) is 4.27. The Hall–Kier alpha value is -3.16. The zero-order valence-corrected chi connectivity index (χ0v) is 14.9. The summed E-state index contributed by atoms with van der Waals surface area (Å²) in [6.45, 7) is 5.47. The highest BCUT2D eigenvalue weighted by molar-refractivity contribution is 6.08. The molecule has 4 amide bonds. The normalized spacial score (nSPS) is 19.8. The van der Waals surface area contributed by atoms with Crippen LogP contribution >= 0.6 is 0 Å². The van der Waals surface area contributed by atoms with Crippen LogP contribution in [0, 0.1) is 5.41 Å². The molecule has 1 fully saturated rings. The van der Waals surface area contributed by atoms with Gasteiger partial charge in [0.15, 0.2) is 0 Å². The summed E-state index contributed by atoms with van der Waals surface area (Å²) in [6.07, 6.45) is 3.07. The molecule has 0 saturated carbocycles. The molecule has 8 heteroatoms. The maximum Gasteiger partial charge on any atom is 0.322 e. The van der Waals surface area contributed by atoms with Gasteiger partial charge >= 0.3 is 6.03 Å². The van der Waals surface area contributed by atoms with Crippen LogP contribution in [0.25, 0.3) is 5.69 Å². The van der Waals surface area contributed by atoms with Gasteiger partial charge in [-0.1, -0.05) is 39.0 Å². The summed E-state index contributed by atoms with van der Waals surface area (Å²) in [7, 11) is 0. The fourth-order valence-corrected chi connectivity index (χ4v) is 2.89. The van der Waals surface area contributed by atoms with Crippen molar-refractivity contribution in [2.45, 2.75) is 26.3 Å². The molecule has 1 aromatic heterocycles. The maximum atomic E-state index is 12.5. The topological polar surface area (TPSA) is 105 Å². The minimum atomic E-state index is -1.21. The van der Waals surface area contributed by atoms with Gasteiger partial charge in [-0.3, -0.25) is 14.9 Å². The standard InChI is InChI=1S/C18H21N5O3/c1-17(2,3)18(15(25)21-16(26)22-18)11-19-14(24)12-9-20-23(10-12)13-7-5-4-6-8-13/h4-10H,11H2,1-3H3,(H,19,24)(H2,21,22,25,26). The first-order valence-corrected chi connectivity index (χ1v) is 8.25. The molecule has 1 atom stereocenters. The summed E-state index contributed by atoms with van der Waals surface area (Å²) in [5, 5.41) is 11.8. The third kappa shape index (κ3) is 3.05. The van der Waals surface area contributed by atoms with Crippen molar-refractivity contribution in [1.29, 1.82) is 0 Å². The van der Waals surface area contributed by atoms with E-state index in [2.05, 4.69) is 21.0 Å². The second-order valence-electron chi connectivity index (χ2n) is 7.26. The number of rotatable bonds is 4. The first-order valence-electron chi connectivity index (χ1n) is 8.25. The number of imide groups is 1. The zero-order chi connectivity index (χ0) is 18.9. The SMILES string of the molecule is CC(C)(C)C1(CNC(=O)c2cnn(-c3ccccc3)c2)NC(=O)NC1=O. The van der Waals surface area contributed by atoms with Gasteiger partial charge in [0.25, 0.3) is 11.8 Å². The molecule has 1 aliphatic rings. The van der Waals surface area contributed by atoms with E-state index in [1.165, 1.54) is 6.20 Å². The summed E-state index contributed by atoms with van der Waals surface area (Å²) >= 11 is 0. The molecule has 8 nitrogen and oxygen atoms in total. The predicted octanol–water partition coefficient (Wildman–Crippen LogP) is 1.23. The zero-order valence-electron chi connectivity index (χ0n) is 14.9. The lowest BCUT2D eigenvalue weighted by Gasteiger charge is -2.38. The number of urea groups is 1. The lowest BCUT2D eigenvalue weighted by molar-refractivity contribution is -0.127. The summed E-state index contributed by atoms with van der Waals surface area (Å²) in [5.41, 5.74) is -0.609. The molecule has 1 saturated heterocycles. The molecule has 0 radical (unpaired) electrons. The average molecular weight is 355 g/mol. The fraction of sp³-hybridized carbons (Fsp3) is 0.333. The van der Waals surface area contributed by atoms with Gasteiger partial charge < -0.3 is 10.6 Å². The molecule has 3 rings (SSSR count). The van der Waals surface area contributed by atoms with Gasteiger partial charge in [-0.25, -0.2) is 9.48 Å². The quantitative estimate of drug-likeness (QED) is 0.717. The van der Waals surface area contributed by atoms with Crippen molar-refractivity contribution in [3.63, 3.8) is 0 Å². The molecular weight excluding hydrogens is 334 g/mol. The number of carbonyl (C=O) groups excluding carboxylic acids is 3. The Bertz CT molecular complexity index is 853. The number of aromatic nitrogens is 2. The van der Waals surface area contributed by atoms with Gasteiger partial charge in [-0.05, 0) is 17.5 Å². The van der Waals surface area contributed by atoms with Crippen LogP contribution in [0.2, 0.25) is 0 Å². The molecule has 2 heterocycles. The fourth-order valence-electron chi connectivity index (χ4n) is 2.89. The van der Waals surface area contributed by atoms with Crippen LogP contribution in [-0.2, 0) is 4.79 Å². The number of nitrogens with zero attached hydrogens (tertiary/aromatic N) is 2. The van der Waals surface area contributed by atoms with Crippen molar-refractivity contribution >= 4 is 17.8 Å². The second kappa shape index (κ2) is 6.29. The van der Waals surface area contributed by atoms with Gasteiger partial charge in [0.2, 0.25) is 0 Å². The van der Waals surface area contributed by atoms with Crippen LogP contribution in [0.1, 0.15) is 31.1 Å². The van der Waals surface area contributed by atoms with Gasteiger partial charge in [0.05, 0.1) is 24.0 Å². The average Bonchev–Trinajstić information content (AvgIpc) is 3.18. The van der Waals surface area contributed by atoms with E-state index in [9.17, 15) is 14.4 Å². The lowest BCUT2D eigenvalue weighted by Crippen LogP contribution is -2.63. The molecule has 3 N–H and O–H groups in total. The van der Waals surface area contributed by atoms with Crippen molar-refractivity contribution < 1.29 is 14.4 Å². The highest BCUT2D eigenvalue weighted by Crippen LogP contribution is 2.32. The third-order valence-corrected chi connectivity index (χ3v) is 4.60. The molecular formula is C18H21N5O3. The Balaban J connectivity index is 1.75. The van der Waals surface area contributed by atoms with E-state index in [0.717, 1.165) is 5.69 Å². The van der Waals surface area contributed by atoms with Gasteiger partial charge in [0, 0.05) is 6.20 Å². The Morgan fingerprint density at radius 3 is 2.50 bits per heavy atom. The highest BCUT2D eigenvalue weighted by atomic mass is 16.2. The molecule has 0 bridgehead atoms. The van der Waals surface area contributed by atoms with Crippen LogP contribution in [0.5, 0.6) is 0 Å². The predicted molar refractivity (Wildman–Crippen MR) is 94.8 cm³/mol. The minimum Gasteiger partial charge on any atom is -0.349 e. The van der Waals surface area contributed by atoms with E-state index in [4.69, 9.17) is 0 Å². The Morgan fingerprint density at radius 2 is 1.92 bits per heavy atom. The third-order valence-electron chi connectivity index (χ3n) is 4.60. The van der Waals surface area contributed by atoms with Crippen molar-refractivity contribution in [2.24, 2.45) is 5.41 Å². The Morgan fingerprint density at radius 1 is 1.23 bits per heavy atom. The number of nitrogens with one attached hydrogen (secondary N) is 3. The van der Waals surface area contributed by atoms with E-state index in [1.54, 1.807) is 10.9 Å². The van der Waals surface area contributed by atoms with E-state index in [0.29, 0.717) is 5.56 Å². The van der Waals surface area contributed by atoms with E-state index in [-0.39, 0.29) is 12.5 Å². The Labute approximate surface area is 151 Å². The van der Waals surface area contributed by atoms with E-state index < -0.39 is 22.9 Å². The van der Waals surface area contributed by atoms with Gasteiger partial charge in [0.1, 0.15) is 5.54 Å². The molecule has 136 valence electrons. The second-order valence-corrected chi connectivity index (χ2v) is 7.26. The van der Waals surface area contributed by atoms with E-state index >= 15 is 0 Å². The first-order chi connectivity index (χ1) is 12.2. The number of hydrogen-bond donors (Lipinski definition) is 3. The monoisotopic (exact) mass is 355 g/mol. The molecule has 0 spiro atoms. The molecule has 2 aromatic rings. The van der Waals surface area contributed by atoms with E-state index in [1.807, 2.05) is 51.1 Å². The molecule has 1 aliphatic heterocycles. The number of para-hydroxylation sites is 1. The van der Waals surface area contributed by atoms with Crippen molar-refractivity contribution in [2.75, 3.05) is 6.54 Å². The molecule has 1 unspecified atom stereocenters. The van der Waals surface area contributed by atoms with Crippen LogP contribution in [0.3, 0.4) is 0 Å². The smallest absolute Gasteiger partial charge is 0.322 e. The molecule has 1 aromatic carbocycles. The van der Waals surface area contributed by atoms with Crippen LogP contribution in [0.4, 0.5) is 4.79 Å². The minimum absolute atomic E-state index is 0.0244. The van der Waals surface area contributed by atoms with Crippen LogP contribution in [-0.4, -0.2) is 39.7 Å².